The number of aromatic nitrogens is 1. The lowest BCUT2D eigenvalue weighted by Gasteiger charge is -2.30. The summed E-state index contributed by atoms with van der Waals surface area (Å²) in [5.74, 6) is 2.39. The Balaban J connectivity index is 0.00000289. The van der Waals surface area contributed by atoms with E-state index in [4.69, 9.17) is 4.42 Å². The van der Waals surface area contributed by atoms with Gasteiger partial charge in [-0.2, -0.15) is 0 Å². The summed E-state index contributed by atoms with van der Waals surface area (Å²) < 4.78 is 5.89. The molecule has 7 nitrogen and oxygen atoms in total. The molecule has 0 saturated heterocycles. The smallest absolute Gasteiger partial charge is 0.223 e. The number of hydrogen-bond acceptors (Lipinski definition) is 4. The Morgan fingerprint density at radius 3 is 2.62 bits per heavy atom. The predicted molar refractivity (Wildman–Crippen MR) is 137 cm³/mol. The monoisotopic (exact) mass is 551 g/mol. The summed E-state index contributed by atoms with van der Waals surface area (Å²) in [6.07, 6.45) is 7.93. The highest BCUT2D eigenvalue weighted by atomic mass is 127. The second-order valence-electron chi connectivity index (χ2n) is 8.67. The molecule has 2 aliphatic rings. The van der Waals surface area contributed by atoms with Crippen molar-refractivity contribution in [2.45, 2.75) is 71.0 Å². The number of nitrogens with one attached hydrogen (secondary N) is 3. The molecule has 1 aromatic carbocycles. The molecule has 2 saturated carbocycles. The van der Waals surface area contributed by atoms with Gasteiger partial charge in [0.05, 0.1) is 6.20 Å². The Bertz CT molecular complexity index is 907. The zero-order chi connectivity index (χ0) is 21.6. The van der Waals surface area contributed by atoms with E-state index in [1.807, 2.05) is 19.1 Å². The minimum Gasteiger partial charge on any atom is -0.439 e. The molecule has 1 heterocycles. The average Bonchev–Trinajstić information content (AvgIpc) is 3.46. The highest BCUT2D eigenvalue weighted by molar-refractivity contribution is 14.0. The maximum atomic E-state index is 12.4. The summed E-state index contributed by atoms with van der Waals surface area (Å²) in [4.78, 5) is 21.5. The van der Waals surface area contributed by atoms with E-state index in [0.29, 0.717) is 18.5 Å². The predicted octanol–water partition coefficient (Wildman–Crippen LogP) is 4.16. The normalized spacial score (nSPS) is 20.9. The maximum absolute atomic E-state index is 12.4. The number of aliphatic imine (C=N–C) groups is 1. The van der Waals surface area contributed by atoms with Gasteiger partial charge in [0, 0.05) is 30.1 Å². The summed E-state index contributed by atoms with van der Waals surface area (Å²) in [7, 11) is 0. The Morgan fingerprint density at radius 2 is 1.91 bits per heavy atom. The zero-order valence-electron chi connectivity index (χ0n) is 18.9. The standard InChI is InChI=1S/C24H33N5O2.HI/c1-3-25-24(29-20-6-4-5-18(13-20)23(30)28-19-11-12-19)27-15-22-26-14-21(31-22)17-9-7-16(2)8-10-17;/h7-10,14,18-20H,3-6,11-13,15H2,1-2H3,(H,28,30)(H2,25,27,29);1H. The van der Waals surface area contributed by atoms with Crippen LogP contribution in [-0.4, -0.2) is 35.5 Å². The highest BCUT2D eigenvalue weighted by Gasteiger charge is 2.31. The molecule has 0 spiro atoms. The number of rotatable bonds is 7. The summed E-state index contributed by atoms with van der Waals surface area (Å²) in [5.41, 5.74) is 2.22. The number of oxazole rings is 1. The first-order valence-electron chi connectivity index (χ1n) is 11.5. The van der Waals surface area contributed by atoms with Gasteiger partial charge in [0.25, 0.3) is 0 Å². The molecule has 1 amide bonds. The van der Waals surface area contributed by atoms with Crippen LogP contribution in [0.15, 0.2) is 39.9 Å². The minimum atomic E-state index is 0. The Labute approximate surface area is 207 Å². The molecule has 2 atom stereocenters. The zero-order valence-corrected chi connectivity index (χ0v) is 21.2. The quantitative estimate of drug-likeness (QED) is 0.273. The lowest BCUT2D eigenvalue weighted by Crippen LogP contribution is -2.47. The topological polar surface area (TPSA) is 91.6 Å². The number of nitrogens with zero attached hydrogens (tertiary/aromatic N) is 2. The number of carbonyl (C=O) groups excluding carboxylic acids is 1. The number of guanidine groups is 1. The summed E-state index contributed by atoms with van der Waals surface area (Å²) in [5, 5.41) is 9.97. The van der Waals surface area contributed by atoms with Crippen LogP contribution in [0.1, 0.15) is 56.9 Å². The van der Waals surface area contributed by atoms with Crippen molar-refractivity contribution in [3.63, 3.8) is 0 Å². The largest absolute Gasteiger partial charge is 0.439 e. The van der Waals surface area contributed by atoms with E-state index >= 15 is 0 Å². The minimum absolute atomic E-state index is 0. The van der Waals surface area contributed by atoms with Gasteiger partial charge in [-0.3, -0.25) is 4.79 Å². The number of benzene rings is 1. The summed E-state index contributed by atoms with van der Waals surface area (Å²) in [6.45, 7) is 5.24. The van der Waals surface area contributed by atoms with Crippen molar-refractivity contribution in [3.05, 3.63) is 41.9 Å². The molecule has 2 aromatic rings. The van der Waals surface area contributed by atoms with Crippen molar-refractivity contribution in [1.82, 2.24) is 20.9 Å². The summed E-state index contributed by atoms with van der Waals surface area (Å²) in [6, 6.07) is 8.86. The van der Waals surface area contributed by atoms with Crippen molar-refractivity contribution in [2.24, 2.45) is 10.9 Å². The van der Waals surface area contributed by atoms with Crippen LogP contribution in [0.3, 0.4) is 0 Å². The first-order valence-corrected chi connectivity index (χ1v) is 11.5. The molecule has 2 fully saturated rings. The molecule has 0 radical (unpaired) electrons. The van der Waals surface area contributed by atoms with Crippen LogP contribution in [0.2, 0.25) is 0 Å². The van der Waals surface area contributed by atoms with Crippen LogP contribution < -0.4 is 16.0 Å². The first kappa shape index (κ1) is 24.5. The van der Waals surface area contributed by atoms with E-state index in [-0.39, 0.29) is 41.8 Å². The van der Waals surface area contributed by atoms with Gasteiger partial charge in [0.15, 0.2) is 11.7 Å². The molecule has 2 unspecified atom stereocenters. The number of amides is 1. The third-order valence-electron chi connectivity index (χ3n) is 5.92. The molecule has 4 rings (SSSR count). The van der Waals surface area contributed by atoms with Crippen molar-refractivity contribution in [1.29, 1.82) is 0 Å². The van der Waals surface area contributed by atoms with Crippen LogP contribution in [0.25, 0.3) is 11.3 Å². The average molecular weight is 551 g/mol. The van der Waals surface area contributed by atoms with Gasteiger partial charge in [0.2, 0.25) is 11.8 Å². The van der Waals surface area contributed by atoms with Crippen LogP contribution in [0.5, 0.6) is 0 Å². The fraction of sp³-hybridized carbons (Fsp3) is 0.542. The summed E-state index contributed by atoms with van der Waals surface area (Å²) >= 11 is 0. The van der Waals surface area contributed by atoms with Crippen molar-refractivity contribution >= 4 is 35.8 Å². The maximum Gasteiger partial charge on any atom is 0.223 e. The third-order valence-corrected chi connectivity index (χ3v) is 5.92. The molecule has 2 aliphatic carbocycles. The van der Waals surface area contributed by atoms with Crippen LogP contribution in [-0.2, 0) is 11.3 Å². The Kier molecular flexibility index (Phi) is 8.95. The Morgan fingerprint density at radius 1 is 1.12 bits per heavy atom. The molecule has 174 valence electrons. The molecular formula is C24H34IN5O2. The van der Waals surface area contributed by atoms with Crippen LogP contribution >= 0.6 is 24.0 Å². The van der Waals surface area contributed by atoms with Crippen LogP contribution in [0.4, 0.5) is 0 Å². The molecule has 0 bridgehead atoms. The van der Waals surface area contributed by atoms with Gasteiger partial charge in [-0.05, 0) is 46.0 Å². The molecule has 32 heavy (non-hydrogen) atoms. The van der Waals surface area contributed by atoms with E-state index in [9.17, 15) is 4.79 Å². The molecule has 1 aromatic heterocycles. The molecule has 3 N–H and O–H groups in total. The number of carbonyl (C=O) groups is 1. The second-order valence-corrected chi connectivity index (χ2v) is 8.67. The second kappa shape index (κ2) is 11.7. The Hall–Kier alpha value is -2.10. The molecule has 8 heteroatoms. The van der Waals surface area contributed by atoms with Gasteiger partial charge < -0.3 is 20.4 Å². The first-order chi connectivity index (χ1) is 15.1. The van der Waals surface area contributed by atoms with Gasteiger partial charge in [-0.15, -0.1) is 24.0 Å². The van der Waals surface area contributed by atoms with E-state index in [2.05, 4.69) is 45.0 Å². The van der Waals surface area contributed by atoms with Crippen molar-refractivity contribution in [2.75, 3.05) is 6.54 Å². The lowest BCUT2D eigenvalue weighted by molar-refractivity contribution is -0.126. The van der Waals surface area contributed by atoms with Gasteiger partial charge in [0.1, 0.15) is 6.54 Å². The van der Waals surface area contributed by atoms with E-state index in [1.54, 1.807) is 6.20 Å². The van der Waals surface area contributed by atoms with E-state index in [0.717, 1.165) is 62.4 Å². The third kappa shape index (κ3) is 6.95. The van der Waals surface area contributed by atoms with Crippen LogP contribution in [0, 0.1) is 12.8 Å². The SMILES string of the molecule is CCNC(=NCc1ncc(-c2ccc(C)cc2)o1)NC1CCCC(C(=O)NC2CC2)C1.I. The van der Waals surface area contributed by atoms with Gasteiger partial charge >= 0.3 is 0 Å². The lowest BCUT2D eigenvalue weighted by atomic mass is 9.85. The number of hydrogen-bond donors (Lipinski definition) is 3. The highest BCUT2D eigenvalue weighted by Crippen LogP contribution is 2.27. The van der Waals surface area contributed by atoms with Crippen molar-refractivity contribution in [3.8, 4) is 11.3 Å². The molecule has 0 aliphatic heterocycles. The molecular weight excluding hydrogens is 517 g/mol. The van der Waals surface area contributed by atoms with Crippen molar-refractivity contribution < 1.29 is 9.21 Å². The fourth-order valence-electron chi connectivity index (χ4n) is 4.00. The van der Waals surface area contributed by atoms with E-state index in [1.165, 1.54) is 5.56 Å². The fourth-order valence-corrected chi connectivity index (χ4v) is 4.00. The number of halogens is 1. The van der Waals surface area contributed by atoms with E-state index < -0.39 is 0 Å². The van der Waals surface area contributed by atoms with Gasteiger partial charge in [-0.1, -0.05) is 36.2 Å². The van der Waals surface area contributed by atoms with Gasteiger partial charge in [-0.25, -0.2) is 9.98 Å². The number of aryl methyl sites for hydroxylation is 1.